The molecule has 1 saturated heterocycles. The second kappa shape index (κ2) is 5.36. The Hall–Kier alpha value is -1.30. The molecule has 0 aromatic rings. The summed E-state index contributed by atoms with van der Waals surface area (Å²) in [5, 5.41) is 12.0. The maximum absolute atomic E-state index is 10.1. The van der Waals surface area contributed by atoms with Crippen LogP contribution in [0.25, 0.3) is 0 Å². The fourth-order valence-corrected chi connectivity index (χ4v) is 0.512. The van der Waals surface area contributed by atoms with Crippen molar-refractivity contribution in [2.75, 3.05) is 6.61 Å². The lowest BCUT2D eigenvalue weighted by Crippen LogP contribution is -2.57. The third-order valence-corrected chi connectivity index (χ3v) is 0.958. The van der Waals surface area contributed by atoms with Crippen LogP contribution in [0.4, 0.5) is 4.79 Å². The minimum Gasteiger partial charge on any atom is -0.548 e. The Bertz CT molecular complexity index is 190. The molecule has 0 aliphatic carbocycles. The molecular weight excluding hydrogens is 176 g/mol. The summed E-state index contributed by atoms with van der Waals surface area (Å²) < 4.78 is 4.26. The molecule has 0 radical (unpaired) electrons. The van der Waals surface area contributed by atoms with Gasteiger partial charge in [-0.1, -0.05) is 0 Å². The highest BCUT2D eigenvalue weighted by atomic mass is 16.6. The highest BCUT2D eigenvalue weighted by Gasteiger charge is 2.22. The van der Waals surface area contributed by atoms with E-state index < -0.39 is 18.1 Å². The SMILES string of the molecule is CC(C)[NH3+].O=C1NC(C(=O)[O-])CO1. The minimum absolute atomic E-state index is 0.138. The predicted molar refractivity (Wildman–Crippen MR) is 41.3 cm³/mol. The number of carbonyl (C=O) groups is 2. The van der Waals surface area contributed by atoms with E-state index in [1.54, 1.807) is 0 Å². The average molecular weight is 190 g/mol. The molecule has 1 amide bonds. The van der Waals surface area contributed by atoms with Crippen LogP contribution in [0.1, 0.15) is 13.8 Å². The number of carbonyl (C=O) groups excluding carboxylic acids is 2. The number of nitrogens with one attached hydrogen (secondary N) is 1. The summed E-state index contributed by atoms with van der Waals surface area (Å²) in [7, 11) is 0. The molecule has 0 bridgehead atoms. The normalized spacial score (nSPS) is 20.0. The predicted octanol–water partition coefficient (Wildman–Crippen LogP) is -2.52. The number of amides is 1. The third-order valence-electron chi connectivity index (χ3n) is 0.958. The van der Waals surface area contributed by atoms with Crippen molar-refractivity contribution in [1.82, 2.24) is 5.32 Å². The van der Waals surface area contributed by atoms with Crippen LogP contribution in [0, 0.1) is 0 Å². The van der Waals surface area contributed by atoms with Crippen LogP contribution in [0.3, 0.4) is 0 Å². The smallest absolute Gasteiger partial charge is 0.407 e. The van der Waals surface area contributed by atoms with E-state index in [2.05, 4.69) is 24.3 Å². The molecule has 1 aliphatic rings. The van der Waals surface area contributed by atoms with Gasteiger partial charge in [0.15, 0.2) is 0 Å². The van der Waals surface area contributed by atoms with Crippen molar-refractivity contribution < 1.29 is 25.2 Å². The molecule has 1 rings (SSSR count). The van der Waals surface area contributed by atoms with Crippen LogP contribution in [0.2, 0.25) is 0 Å². The summed E-state index contributed by atoms with van der Waals surface area (Å²) in [4.78, 5) is 20.1. The molecule has 1 fully saturated rings. The molecule has 0 aromatic heterocycles. The summed E-state index contributed by atoms with van der Waals surface area (Å²) in [6, 6.07) is -0.391. The van der Waals surface area contributed by atoms with E-state index in [0.717, 1.165) is 0 Å². The number of hydrogen-bond donors (Lipinski definition) is 2. The molecule has 6 nitrogen and oxygen atoms in total. The van der Waals surface area contributed by atoms with Crippen molar-refractivity contribution in [1.29, 1.82) is 0 Å². The van der Waals surface area contributed by atoms with Gasteiger partial charge in [0.2, 0.25) is 0 Å². The zero-order chi connectivity index (χ0) is 10.4. The topological polar surface area (TPSA) is 106 Å². The Kier molecular flexibility index (Phi) is 4.83. The number of aliphatic carboxylic acids is 1. The summed E-state index contributed by atoms with van der Waals surface area (Å²) in [6.45, 7) is 3.97. The molecule has 0 aromatic carbocycles. The van der Waals surface area contributed by atoms with Gasteiger partial charge < -0.3 is 25.7 Å². The largest absolute Gasteiger partial charge is 0.548 e. The Morgan fingerprint density at radius 3 is 2.38 bits per heavy atom. The molecule has 1 aliphatic heterocycles. The van der Waals surface area contributed by atoms with Crippen LogP contribution in [-0.2, 0) is 9.53 Å². The zero-order valence-corrected chi connectivity index (χ0v) is 7.70. The van der Waals surface area contributed by atoms with Gasteiger partial charge in [-0.05, 0) is 13.8 Å². The lowest BCUT2D eigenvalue weighted by molar-refractivity contribution is -0.407. The van der Waals surface area contributed by atoms with Crippen LogP contribution >= 0.6 is 0 Å². The van der Waals surface area contributed by atoms with Gasteiger partial charge in [0.25, 0.3) is 0 Å². The van der Waals surface area contributed by atoms with Gasteiger partial charge in [-0.3, -0.25) is 0 Å². The van der Waals surface area contributed by atoms with Gasteiger partial charge in [0, 0.05) is 0 Å². The molecule has 1 heterocycles. The Labute approximate surface area is 76.0 Å². The molecular formula is C7H14N2O4. The summed E-state index contributed by atoms with van der Waals surface area (Å²) in [6.07, 6.45) is -0.704. The van der Waals surface area contributed by atoms with E-state index in [1.807, 2.05) is 5.32 Å². The molecule has 6 heteroatoms. The third kappa shape index (κ3) is 5.92. The first-order valence-corrected chi connectivity index (χ1v) is 3.90. The maximum atomic E-state index is 10.1. The second-order valence-electron chi connectivity index (χ2n) is 3.01. The molecule has 13 heavy (non-hydrogen) atoms. The number of quaternary nitrogens is 1. The van der Waals surface area contributed by atoms with E-state index in [-0.39, 0.29) is 6.61 Å². The number of carboxylic acids is 1. The van der Waals surface area contributed by atoms with Crippen LogP contribution < -0.4 is 16.2 Å². The second-order valence-corrected chi connectivity index (χ2v) is 3.01. The number of cyclic esters (lactones) is 1. The van der Waals surface area contributed by atoms with E-state index in [1.165, 1.54) is 0 Å². The standard InChI is InChI=1S/C4H5NO4.C3H9N/c6-3(7)2-1-9-4(8)5-2;1-3(2)4/h2H,1H2,(H,5,8)(H,6,7);3H,4H2,1-2H3. The van der Waals surface area contributed by atoms with E-state index in [9.17, 15) is 14.7 Å². The lowest BCUT2D eigenvalue weighted by atomic mass is 10.3. The summed E-state index contributed by atoms with van der Waals surface area (Å²) in [5.41, 5.74) is 3.64. The summed E-state index contributed by atoms with van der Waals surface area (Å²) >= 11 is 0. The van der Waals surface area contributed by atoms with Crippen LogP contribution in [-0.4, -0.2) is 30.8 Å². The lowest BCUT2D eigenvalue weighted by Gasteiger charge is -2.05. The highest BCUT2D eigenvalue weighted by Crippen LogP contribution is 1.94. The molecule has 0 saturated carbocycles. The first kappa shape index (κ1) is 11.7. The van der Waals surface area contributed by atoms with Crippen molar-refractivity contribution in [2.24, 2.45) is 0 Å². The molecule has 4 N–H and O–H groups in total. The first-order chi connectivity index (χ1) is 5.93. The summed E-state index contributed by atoms with van der Waals surface area (Å²) in [5.74, 6) is -1.32. The van der Waals surface area contributed by atoms with E-state index in [4.69, 9.17) is 0 Å². The van der Waals surface area contributed by atoms with Gasteiger partial charge in [-0.15, -0.1) is 0 Å². The molecule has 0 spiro atoms. The molecule has 1 unspecified atom stereocenters. The highest BCUT2D eigenvalue weighted by molar-refractivity contribution is 5.81. The van der Waals surface area contributed by atoms with Crippen molar-refractivity contribution in [3.63, 3.8) is 0 Å². The monoisotopic (exact) mass is 190 g/mol. The maximum Gasteiger partial charge on any atom is 0.407 e. The molecule has 1 atom stereocenters. The fourth-order valence-electron chi connectivity index (χ4n) is 0.512. The van der Waals surface area contributed by atoms with Crippen molar-refractivity contribution >= 4 is 12.1 Å². The van der Waals surface area contributed by atoms with Crippen molar-refractivity contribution in [3.8, 4) is 0 Å². The number of rotatable bonds is 1. The van der Waals surface area contributed by atoms with Crippen LogP contribution in [0.5, 0.6) is 0 Å². The number of ether oxygens (including phenoxy) is 1. The molecule has 76 valence electrons. The fraction of sp³-hybridized carbons (Fsp3) is 0.714. The van der Waals surface area contributed by atoms with Gasteiger partial charge in [-0.2, -0.15) is 0 Å². The van der Waals surface area contributed by atoms with Crippen molar-refractivity contribution in [2.45, 2.75) is 25.9 Å². The van der Waals surface area contributed by atoms with Gasteiger partial charge >= 0.3 is 6.09 Å². The Morgan fingerprint density at radius 2 is 2.23 bits per heavy atom. The van der Waals surface area contributed by atoms with Gasteiger partial charge in [-0.25, -0.2) is 4.79 Å². The zero-order valence-electron chi connectivity index (χ0n) is 7.70. The first-order valence-electron chi connectivity index (χ1n) is 3.90. The van der Waals surface area contributed by atoms with E-state index in [0.29, 0.717) is 6.04 Å². The number of hydrogen-bond acceptors (Lipinski definition) is 4. The van der Waals surface area contributed by atoms with Crippen LogP contribution in [0.15, 0.2) is 0 Å². The van der Waals surface area contributed by atoms with Crippen molar-refractivity contribution in [3.05, 3.63) is 0 Å². The number of alkyl carbamates (subject to hydrolysis) is 1. The average Bonchev–Trinajstić information content (AvgIpc) is 2.34. The van der Waals surface area contributed by atoms with Gasteiger partial charge in [0.1, 0.15) is 12.6 Å². The Morgan fingerprint density at radius 1 is 1.77 bits per heavy atom. The Balaban J connectivity index is 0.000000310. The quantitative estimate of drug-likeness (QED) is 0.476. The minimum atomic E-state index is -1.32. The van der Waals surface area contributed by atoms with E-state index >= 15 is 0 Å². The van der Waals surface area contributed by atoms with Gasteiger partial charge in [0.05, 0.1) is 12.0 Å². The number of carboxylic acid groups (broad SMARTS) is 1.